The molecule has 23 heavy (non-hydrogen) atoms. The van der Waals surface area contributed by atoms with E-state index in [4.69, 9.17) is 15.4 Å². The van der Waals surface area contributed by atoms with Crippen molar-refractivity contribution in [2.24, 2.45) is 5.11 Å². The fourth-order valence-corrected chi connectivity index (χ4v) is 1.67. The predicted molar refractivity (Wildman–Crippen MR) is 82.5 cm³/mol. The van der Waals surface area contributed by atoms with Crippen molar-refractivity contribution in [3.8, 4) is 0 Å². The first kappa shape index (κ1) is 20.7. The highest BCUT2D eigenvalue weighted by Crippen LogP contribution is 2.11. The Balaban J connectivity index is 4.49. The van der Waals surface area contributed by atoms with Crippen LogP contribution in [-0.2, 0) is 19.1 Å². The Morgan fingerprint density at radius 2 is 1.91 bits per heavy atom. The first-order chi connectivity index (χ1) is 10.7. The fourth-order valence-electron chi connectivity index (χ4n) is 1.67. The van der Waals surface area contributed by atoms with E-state index in [1.165, 1.54) is 0 Å². The summed E-state index contributed by atoms with van der Waals surface area (Å²) in [5, 5.41) is 14.6. The Kier molecular flexibility index (Phi) is 9.41. The molecule has 0 rings (SSSR count). The van der Waals surface area contributed by atoms with Gasteiger partial charge in [0.25, 0.3) is 0 Å². The zero-order valence-electron chi connectivity index (χ0n) is 13.7. The molecule has 0 radical (unpaired) electrons. The number of hydrogen-bond donors (Lipinski definition) is 2. The van der Waals surface area contributed by atoms with Crippen LogP contribution >= 0.6 is 0 Å². The van der Waals surface area contributed by atoms with Gasteiger partial charge in [0.15, 0.2) is 0 Å². The van der Waals surface area contributed by atoms with E-state index < -0.39 is 23.6 Å². The zero-order chi connectivity index (χ0) is 17.9. The number of azide groups is 1. The molecule has 1 atom stereocenters. The smallest absolute Gasteiger partial charge is 0.329 e. The van der Waals surface area contributed by atoms with Gasteiger partial charge in [-0.25, -0.2) is 4.79 Å². The summed E-state index contributed by atoms with van der Waals surface area (Å²) in [6.45, 7) is 5.38. The summed E-state index contributed by atoms with van der Waals surface area (Å²) >= 11 is 0. The Bertz CT molecular complexity index is 466. The maximum absolute atomic E-state index is 12.0. The van der Waals surface area contributed by atoms with E-state index in [9.17, 15) is 14.4 Å². The fraction of sp³-hybridized carbons (Fsp3) is 0.786. The molecule has 0 spiro atoms. The van der Waals surface area contributed by atoms with Crippen molar-refractivity contribution in [3.63, 3.8) is 0 Å². The molecular weight excluding hydrogens is 304 g/mol. The topological polar surface area (TPSA) is 141 Å². The van der Waals surface area contributed by atoms with E-state index >= 15 is 0 Å². The molecule has 0 saturated carbocycles. The zero-order valence-corrected chi connectivity index (χ0v) is 13.7. The average molecular weight is 328 g/mol. The number of ether oxygens (including phenoxy) is 1. The van der Waals surface area contributed by atoms with Gasteiger partial charge in [-0.15, -0.1) is 0 Å². The number of rotatable bonds is 10. The summed E-state index contributed by atoms with van der Waals surface area (Å²) in [7, 11) is 0. The molecule has 0 saturated heterocycles. The molecule has 0 aromatic heterocycles. The van der Waals surface area contributed by atoms with Gasteiger partial charge in [-0.1, -0.05) is 5.11 Å². The van der Waals surface area contributed by atoms with Crippen LogP contribution in [0.3, 0.4) is 0 Å². The van der Waals surface area contributed by atoms with Gasteiger partial charge in [0, 0.05) is 24.3 Å². The van der Waals surface area contributed by atoms with Crippen LogP contribution in [-0.4, -0.2) is 41.1 Å². The van der Waals surface area contributed by atoms with Crippen molar-refractivity contribution >= 4 is 17.8 Å². The molecule has 0 aliphatic carbocycles. The van der Waals surface area contributed by atoms with Gasteiger partial charge in [0.05, 0.1) is 0 Å². The lowest BCUT2D eigenvalue weighted by molar-refractivity contribution is -0.159. The number of carboxylic acids is 1. The van der Waals surface area contributed by atoms with Gasteiger partial charge in [-0.3, -0.25) is 9.59 Å². The second-order valence-corrected chi connectivity index (χ2v) is 6.00. The third kappa shape index (κ3) is 12.0. The van der Waals surface area contributed by atoms with E-state index in [0.717, 1.165) is 0 Å². The maximum atomic E-state index is 12.0. The normalized spacial score (nSPS) is 12.0. The van der Waals surface area contributed by atoms with Gasteiger partial charge >= 0.3 is 11.9 Å². The predicted octanol–water partition coefficient (Wildman–Crippen LogP) is 2.16. The van der Waals surface area contributed by atoms with Gasteiger partial charge in [-0.05, 0) is 45.6 Å². The molecular formula is C14H24N4O5. The molecule has 0 aliphatic rings. The second kappa shape index (κ2) is 10.4. The van der Waals surface area contributed by atoms with E-state index in [1.807, 2.05) is 0 Å². The molecule has 2 N–H and O–H groups in total. The number of nitrogens with zero attached hydrogens (tertiary/aromatic N) is 3. The molecule has 1 amide bonds. The Morgan fingerprint density at radius 1 is 1.26 bits per heavy atom. The Hall–Kier alpha value is -2.28. The van der Waals surface area contributed by atoms with Crippen LogP contribution in [0.25, 0.3) is 10.4 Å². The Morgan fingerprint density at radius 3 is 2.43 bits per heavy atom. The monoisotopic (exact) mass is 328 g/mol. The lowest BCUT2D eigenvalue weighted by atomic mass is 10.1. The first-order valence-corrected chi connectivity index (χ1v) is 7.40. The number of carbonyl (C=O) groups is 3. The minimum atomic E-state index is -1.05. The van der Waals surface area contributed by atoms with Crippen LogP contribution in [0.15, 0.2) is 5.11 Å². The standard InChI is InChI=1S/C14H24N4O5/c1-14(2,3)23-13(22)10(7-8-12(20)21)17-11(19)6-4-5-9-16-18-15/h10H,4-9H2,1-3H3,(H,17,19)(H,20,21)/t10-/m0/s1. The highest BCUT2D eigenvalue weighted by atomic mass is 16.6. The van der Waals surface area contributed by atoms with Crippen LogP contribution < -0.4 is 5.32 Å². The summed E-state index contributed by atoms with van der Waals surface area (Å²) < 4.78 is 5.19. The number of esters is 1. The van der Waals surface area contributed by atoms with Gasteiger partial charge in [0.1, 0.15) is 11.6 Å². The summed E-state index contributed by atoms with van der Waals surface area (Å²) in [5.41, 5.74) is 7.41. The summed E-state index contributed by atoms with van der Waals surface area (Å²) in [6, 6.07) is -0.991. The van der Waals surface area contributed by atoms with Gasteiger partial charge < -0.3 is 15.2 Å². The Labute approximate surface area is 135 Å². The van der Waals surface area contributed by atoms with E-state index in [0.29, 0.717) is 19.4 Å². The molecule has 0 aliphatic heterocycles. The van der Waals surface area contributed by atoms with Crippen LogP contribution in [0.4, 0.5) is 0 Å². The number of amides is 1. The van der Waals surface area contributed by atoms with Gasteiger partial charge in [-0.2, -0.15) is 0 Å². The van der Waals surface area contributed by atoms with Crippen molar-refractivity contribution in [2.75, 3.05) is 6.54 Å². The lowest BCUT2D eigenvalue weighted by Crippen LogP contribution is -2.44. The van der Waals surface area contributed by atoms with Crippen LogP contribution in [0, 0.1) is 0 Å². The largest absolute Gasteiger partial charge is 0.481 e. The number of aliphatic carboxylic acids is 1. The van der Waals surface area contributed by atoms with Crippen LogP contribution in [0.2, 0.25) is 0 Å². The average Bonchev–Trinajstić information content (AvgIpc) is 2.41. The third-order valence-electron chi connectivity index (χ3n) is 2.65. The number of hydrogen-bond acceptors (Lipinski definition) is 5. The lowest BCUT2D eigenvalue weighted by Gasteiger charge is -2.24. The number of carboxylic acid groups (broad SMARTS) is 1. The van der Waals surface area contributed by atoms with Crippen molar-refractivity contribution in [3.05, 3.63) is 10.4 Å². The minimum absolute atomic E-state index is 0.0330. The number of unbranched alkanes of at least 4 members (excludes halogenated alkanes) is 1. The SMILES string of the molecule is CC(C)(C)OC(=O)[C@H](CCC(=O)O)NC(=O)CCCCN=[N+]=[N-]. The van der Waals surface area contributed by atoms with Crippen LogP contribution in [0.5, 0.6) is 0 Å². The molecule has 0 aromatic carbocycles. The molecule has 0 fully saturated rings. The highest BCUT2D eigenvalue weighted by molar-refractivity contribution is 5.85. The summed E-state index contributed by atoms with van der Waals surface area (Å²) in [4.78, 5) is 37.1. The number of carbonyl (C=O) groups excluding carboxylic acids is 2. The van der Waals surface area contributed by atoms with E-state index in [-0.39, 0.29) is 25.2 Å². The number of nitrogens with one attached hydrogen (secondary N) is 1. The van der Waals surface area contributed by atoms with Crippen molar-refractivity contribution in [1.82, 2.24) is 5.32 Å². The van der Waals surface area contributed by atoms with Crippen LogP contribution in [0.1, 0.15) is 52.9 Å². The summed E-state index contributed by atoms with van der Waals surface area (Å²) in [6.07, 6.45) is 0.942. The van der Waals surface area contributed by atoms with Crippen molar-refractivity contribution in [2.45, 2.75) is 64.5 Å². The molecule has 0 bridgehead atoms. The van der Waals surface area contributed by atoms with Crippen molar-refractivity contribution in [1.29, 1.82) is 0 Å². The molecule has 0 aromatic rings. The molecule has 0 heterocycles. The third-order valence-corrected chi connectivity index (χ3v) is 2.65. The van der Waals surface area contributed by atoms with E-state index in [1.54, 1.807) is 20.8 Å². The quantitative estimate of drug-likeness (QED) is 0.208. The highest BCUT2D eigenvalue weighted by Gasteiger charge is 2.26. The van der Waals surface area contributed by atoms with Crippen molar-refractivity contribution < 1.29 is 24.2 Å². The maximum Gasteiger partial charge on any atom is 0.329 e. The van der Waals surface area contributed by atoms with Gasteiger partial charge in [0.2, 0.25) is 5.91 Å². The first-order valence-electron chi connectivity index (χ1n) is 7.40. The second-order valence-electron chi connectivity index (χ2n) is 6.00. The van der Waals surface area contributed by atoms with E-state index in [2.05, 4.69) is 15.3 Å². The minimum Gasteiger partial charge on any atom is -0.481 e. The molecule has 130 valence electrons. The molecule has 0 unspecified atom stereocenters. The molecule has 9 nitrogen and oxygen atoms in total. The summed E-state index contributed by atoms with van der Waals surface area (Å²) in [5.74, 6) is -2.07. The molecule has 9 heteroatoms.